The predicted molar refractivity (Wildman–Crippen MR) is 92.3 cm³/mol. The van der Waals surface area contributed by atoms with Gasteiger partial charge in [0, 0.05) is 22.8 Å². The largest absolute Gasteiger partial charge is 0.465 e. The summed E-state index contributed by atoms with van der Waals surface area (Å²) < 4.78 is 5.08. The van der Waals surface area contributed by atoms with Crippen LogP contribution in [0.15, 0.2) is 0 Å². The molecule has 1 fully saturated rings. The average molecular weight is 369 g/mol. The standard InChI is InChI=1S/C15H19N3O4S2/c1-2-22-14(21)8-3-4-10-12(8)17-15(24-10)18-13(20)9-7-23-6-5-11(19)16-9/h8-9H,2-7H2,1H3,(H,16,19)(H,17,18,20)/t8-,9+/m0/s1. The molecule has 7 nitrogen and oxygen atoms in total. The van der Waals surface area contributed by atoms with E-state index < -0.39 is 6.04 Å². The van der Waals surface area contributed by atoms with Crippen LogP contribution in [0, 0.1) is 0 Å². The van der Waals surface area contributed by atoms with Crippen LogP contribution in [0.1, 0.15) is 36.3 Å². The lowest BCUT2D eigenvalue weighted by molar-refractivity contribution is -0.145. The molecule has 0 bridgehead atoms. The highest BCUT2D eigenvalue weighted by atomic mass is 32.2. The van der Waals surface area contributed by atoms with Gasteiger partial charge in [0.05, 0.1) is 12.3 Å². The fourth-order valence-electron chi connectivity index (χ4n) is 2.76. The summed E-state index contributed by atoms with van der Waals surface area (Å²) in [6, 6.07) is -0.551. The summed E-state index contributed by atoms with van der Waals surface area (Å²) in [7, 11) is 0. The zero-order chi connectivity index (χ0) is 17.1. The highest BCUT2D eigenvalue weighted by Gasteiger charge is 2.34. The van der Waals surface area contributed by atoms with Crippen molar-refractivity contribution in [2.75, 3.05) is 23.4 Å². The van der Waals surface area contributed by atoms with Gasteiger partial charge in [0.1, 0.15) is 12.0 Å². The number of aromatic nitrogens is 1. The van der Waals surface area contributed by atoms with Crippen LogP contribution in [-0.2, 0) is 25.5 Å². The second-order valence-corrected chi connectivity index (χ2v) is 7.84. The number of carbonyl (C=O) groups is 3. The van der Waals surface area contributed by atoms with E-state index in [1.54, 1.807) is 18.7 Å². The molecule has 1 saturated heterocycles. The van der Waals surface area contributed by atoms with Gasteiger partial charge < -0.3 is 15.4 Å². The molecular formula is C15H19N3O4S2. The first-order valence-corrected chi connectivity index (χ1v) is 9.89. The molecule has 24 heavy (non-hydrogen) atoms. The first kappa shape index (κ1) is 17.2. The number of amides is 2. The molecule has 1 aromatic rings. The van der Waals surface area contributed by atoms with E-state index in [1.807, 2.05) is 0 Å². The Kier molecular flexibility index (Phi) is 5.40. The van der Waals surface area contributed by atoms with Gasteiger partial charge >= 0.3 is 5.97 Å². The quantitative estimate of drug-likeness (QED) is 0.777. The molecule has 2 amide bonds. The summed E-state index contributed by atoms with van der Waals surface area (Å²) in [5, 5.41) is 5.97. The number of hydrogen-bond acceptors (Lipinski definition) is 7. The lowest BCUT2D eigenvalue weighted by Crippen LogP contribution is -2.44. The van der Waals surface area contributed by atoms with Crippen LogP contribution in [0.4, 0.5) is 5.13 Å². The number of thiazole rings is 1. The molecule has 0 spiro atoms. The van der Waals surface area contributed by atoms with E-state index in [9.17, 15) is 14.4 Å². The highest BCUT2D eigenvalue weighted by Crippen LogP contribution is 2.39. The van der Waals surface area contributed by atoms with Crippen molar-refractivity contribution in [1.82, 2.24) is 10.3 Å². The lowest BCUT2D eigenvalue weighted by atomic mass is 10.1. The zero-order valence-electron chi connectivity index (χ0n) is 13.3. The van der Waals surface area contributed by atoms with Gasteiger partial charge in [-0.2, -0.15) is 11.8 Å². The fourth-order valence-corrected chi connectivity index (χ4v) is 4.77. The average Bonchev–Trinajstić information content (AvgIpc) is 3.02. The smallest absolute Gasteiger partial charge is 0.315 e. The topological polar surface area (TPSA) is 97.4 Å². The van der Waals surface area contributed by atoms with Gasteiger partial charge in [-0.15, -0.1) is 11.3 Å². The van der Waals surface area contributed by atoms with Crippen LogP contribution in [-0.4, -0.2) is 46.9 Å². The molecule has 3 rings (SSSR count). The molecule has 0 radical (unpaired) electrons. The van der Waals surface area contributed by atoms with Crippen molar-refractivity contribution >= 4 is 46.0 Å². The summed E-state index contributed by atoms with van der Waals surface area (Å²) in [5.74, 6) is 0.306. The maximum atomic E-state index is 12.3. The molecule has 2 aliphatic rings. The van der Waals surface area contributed by atoms with E-state index >= 15 is 0 Å². The summed E-state index contributed by atoms with van der Waals surface area (Å²) in [6.45, 7) is 2.12. The highest BCUT2D eigenvalue weighted by molar-refractivity contribution is 7.99. The van der Waals surface area contributed by atoms with Crippen molar-refractivity contribution in [3.8, 4) is 0 Å². The van der Waals surface area contributed by atoms with Gasteiger partial charge in [-0.3, -0.25) is 14.4 Å². The third-order valence-electron chi connectivity index (χ3n) is 3.93. The number of rotatable bonds is 4. The summed E-state index contributed by atoms with van der Waals surface area (Å²) in [5.41, 5.74) is 0.716. The Bertz CT molecular complexity index is 661. The number of nitrogens with zero attached hydrogens (tertiary/aromatic N) is 1. The molecule has 2 atom stereocenters. The Morgan fingerprint density at radius 1 is 1.42 bits per heavy atom. The van der Waals surface area contributed by atoms with E-state index in [4.69, 9.17) is 4.74 Å². The number of aryl methyl sites for hydroxylation is 1. The molecule has 0 aromatic carbocycles. The normalized spacial score (nSPS) is 23.1. The van der Waals surface area contributed by atoms with E-state index in [-0.39, 0.29) is 23.7 Å². The first-order valence-electron chi connectivity index (χ1n) is 7.92. The van der Waals surface area contributed by atoms with Gasteiger partial charge in [-0.1, -0.05) is 0 Å². The van der Waals surface area contributed by atoms with Crippen LogP contribution in [0.25, 0.3) is 0 Å². The Hall–Kier alpha value is -1.61. The minimum absolute atomic E-state index is 0.107. The monoisotopic (exact) mass is 369 g/mol. The molecule has 2 N–H and O–H groups in total. The minimum atomic E-state index is -0.551. The molecule has 1 aliphatic heterocycles. The van der Waals surface area contributed by atoms with E-state index in [0.29, 0.717) is 36.0 Å². The minimum Gasteiger partial charge on any atom is -0.465 e. The SMILES string of the molecule is CCOC(=O)[C@H]1CCc2sc(NC(=O)[C@H]3CSCCC(=O)N3)nc21. The zero-order valence-corrected chi connectivity index (χ0v) is 14.9. The number of ether oxygens (including phenoxy) is 1. The third kappa shape index (κ3) is 3.72. The molecule has 0 unspecified atom stereocenters. The molecule has 130 valence electrons. The number of hydrogen-bond donors (Lipinski definition) is 2. The Morgan fingerprint density at radius 3 is 3.04 bits per heavy atom. The maximum absolute atomic E-state index is 12.3. The molecule has 9 heteroatoms. The number of thioether (sulfide) groups is 1. The Balaban J connectivity index is 1.66. The van der Waals surface area contributed by atoms with Crippen molar-refractivity contribution < 1.29 is 19.1 Å². The Morgan fingerprint density at radius 2 is 2.25 bits per heavy atom. The van der Waals surface area contributed by atoms with Crippen molar-refractivity contribution in [2.24, 2.45) is 0 Å². The number of anilines is 1. The summed E-state index contributed by atoms with van der Waals surface area (Å²) in [6.07, 6.45) is 1.90. The van der Waals surface area contributed by atoms with Crippen LogP contribution in [0.3, 0.4) is 0 Å². The molecule has 0 saturated carbocycles. The molecule has 1 aliphatic carbocycles. The number of fused-ring (bicyclic) bond motifs is 1. The molecule has 2 heterocycles. The third-order valence-corrected chi connectivity index (χ3v) is 6.04. The van der Waals surface area contributed by atoms with Gasteiger partial charge in [0.2, 0.25) is 11.8 Å². The molecule has 1 aromatic heterocycles. The van der Waals surface area contributed by atoms with Crippen LogP contribution in [0.5, 0.6) is 0 Å². The first-order chi connectivity index (χ1) is 11.6. The second-order valence-electron chi connectivity index (χ2n) is 5.61. The van der Waals surface area contributed by atoms with Gasteiger partial charge in [0.15, 0.2) is 5.13 Å². The van der Waals surface area contributed by atoms with E-state index in [2.05, 4.69) is 15.6 Å². The van der Waals surface area contributed by atoms with Gasteiger partial charge in [0.25, 0.3) is 0 Å². The lowest BCUT2D eigenvalue weighted by Gasteiger charge is -2.14. The summed E-state index contributed by atoms with van der Waals surface area (Å²) in [4.78, 5) is 41.3. The van der Waals surface area contributed by atoms with Crippen molar-refractivity contribution in [3.05, 3.63) is 10.6 Å². The fraction of sp³-hybridized carbons (Fsp3) is 0.600. The Labute approximate surface area is 147 Å². The summed E-state index contributed by atoms with van der Waals surface area (Å²) >= 11 is 2.97. The number of carbonyl (C=O) groups excluding carboxylic acids is 3. The van der Waals surface area contributed by atoms with Crippen molar-refractivity contribution in [3.63, 3.8) is 0 Å². The van der Waals surface area contributed by atoms with Crippen molar-refractivity contribution in [1.29, 1.82) is 0 Å². The van der Waals surface area contributed by atoms with Crippen LogP contribution in [0.2, 0.25) is 0 Å². The van der Waals surface area contributed by atoms with Crippen LogP contribution < -0.4 is 10.6 Å². The maximum Gasteiger partial charge on any atom is 0.315 e. The van der Waals surface area contributed by atoms with Crippen LogP contribution >= 0.6 is 23.1 Å². The second kappa shape index (κ2) is 7.52. The number of nitrogens with one attached hydrogen (secondary N) is 2. The van der Waals surface area contributed by atoms with E-state index in [0.717, 1.165) is 17.1 Å². The number of esters is 1. The van der Waals surface area contributed by atoms with Gasteiger partial charge in [-0.05, 0) is 19.8 Å². The van der Waals surface area contributed by atoms with Gasteiger partial charge in [-0.25, -0.2) is 4.98 Å². The van der Waals surface area contributed by atoms with Crippen molar-refractivity contribution in [2.45, 2.75) is 38.1 Å². The van der Waals surface area contributed by atoms with E-state index in [1.165, 1.54) is 11.3 Å². The molecular weight excluding hydrogens is 350 g/mol. The predicted octanol–water partition coefficient (Wildman–Crippen LogP) is 1.30.